The summed E-state index contributed by atoms with van der Waals surface area (Å²) in [6, 6.07) is 23.8. The third-order valence-corrected chi connectivity index (χ3v) is 5.32. The minimum atomic E-state index is -0.443. The van der Waals surface area contributed by atoms with Gasteiger partial charge < -0.3 is 0 Å². The maximum atomic E-state index is 12.5. The van der Waals surface area contributed by atoms with Crippen LogP contribution in [0.2, 0.25) is 0 Å². The average Bonchev–Trinajstić information content (AvgIpc) is 3.23. The van der Waals surface area contributed by atoms with Crippen LogP contribution in [0.3, 0.4) is 0 Å². The van der Waals surface area contributed by atoms with Gasteiger partial charge in [-0.2, -0.15) is 0 Å². The van der Waals surface area contributed by atoms with Crippen LogP contribution in [-0.4, -0.2) is 15.8 Å². The third kappa shape index (κ3) is 4.59. The van der Waals surface area contributed by atoms with Crippen molar-refractivity contribution < 1.29 is 9.72 Å². The molecule has 0 fully saturated rings. The highest BCUT2D eigenvalue weighted by atomic mass is 32.1. The number of carbonyl (C=O) groups excluding carboxylic acids is 1. The molecule has 7 heteroatoms. The lowest BCUT2D eigenvalue weighted by molar-refractivity contribution is -0.384. The Bertz CT molecular complexity index is 1170. The van der Waals surface area contributed by atoms with Gasteiger partial charge in [-0.15, -0.1) is 11.3 Å². The van der Waals surface area contributed by atoms with Gasteiger partial charge in [-0.05, 0) is 41.8 Å². The molecule has 0 aliphatic carbocycles. The summed E-state index contributed by atoms with van der Waals surface area (Å²) in [5.41, 5.74) is 4.34. The van der Waals surface area contributed by atoms with E-state index in [4.69, 9.17) is 0 Å². The number of benzene rings is 3. The quantitative estimate of drug-likeness (QED) is 0.330. The number of nitro groups is 1. The van der Waals surface area contributed by atoms with E-state index in [0.717, 1.165) is 17.5 Å². The molecule has 1 amide bonds. The maximum absolute atomic E-state index is 12.5. The molecule has 0 aliphatic heterocycles. The van der Waals surface area contributed by atoms with Gasteiger partial charge in [0.05, 0.1) is 10.6 Å². The Morgan fingerprint density at radius 3 is 2.27 bits per heavy atom. The van der Waals surface area contributed by atoms with E-state index in [2.05, 4.69) is 22.4 Å². The number of carbonyl (C=O) groups is 1. The second-order valence-electron chi connectivity index (χ2n) is 6.66. The summed E-state index contributed by atoms with van der Waals surface area (Å²) in [6.45, 7) is 0. The molecule has 0 unspecified atom stereocenters. The number of anilines is 1. The van der Waals surface area contributed by atoms with E-state index >= 15 is 0 Å². The molecule has 0 spiro atoms. The summed E-state index contributed by atoms with van der Waals surface area (Å²) < 4.78 is 0. The van der Waals surface area contributed by atoms with Crippen LogP contribution >= 0.6 is 11.3 Å². The topological polar surface area (TPSA) is 85.1 Å². The van der Waals surface area contributed by atoms with Crippen LogP contribution in [0, 0.1) is 10.1 Å². The number of thiazole rings is 1. The minimum absolute atomic E-state index is 0.0261. The maximum Gasteiger partial charge on any atom is 0.269 e. The molecule has 6 nitrogen and oxygen atoms in total. The van der Waals surface area contributed by atoms with Crippen LogP contribution in [0.1, 0.15) is 21.5 Å². The molecule has 4 rings (SSSR count). The van der Waals surface area contributed by atoms with Gasteiger partial charge in [-0.25, -0.2) is 4.98 Å². The molecule has 1 heterocycles. The van der Waals surface area contributed by atoms with E-state index in [1.54, 1.807) is 29.6 Å². The van der Waals surface area contributed by atoms with E-state index in [1.165, 1.54) is 29.0 Å². The fourth-order valence-electron chi connectivity index (χ4n) is 2.99. The lowest BCUT2D eigenvalue weighted by atomic mass is 10.0. The Kier molecular flexibility index (Phi) is 5.63. The Labute approximate surface area is 177 Å². The van der Waals surface area contributed by atoms with Crippen LogP contribution in [0.5, 0.6) is 0 Å². The first kappa shape index (κ1) is 19.5. The van der Waals surface area contributed by atoms with E-state index in [9.17, 15) is 14.9 Å². The number of nitro benzene ring substituents is 1. The zero-order chi connectivity index (χ0) is 20.9. The summed E-state index contributed by atoms with van der Waals surface area (Å²) in [7, 11) is 0. The van der Waals surface area contributed by atoms with Gasteiger partial charge >= 0.3 is 0 Å². The summed E-state index contributed by atoms with van der Waals surface area (Å²) >= 11 is 1.31. The van der Waals surface area contributed by atoms with Gasteiger partial charge in [0.25, 0.3) is 11.6 Å². The first-order valence-electron chi connectivity index (χ1n) is 9.23. The molecule has 0 radical (unpaired) electrons. The Morgan fingerprint density at radius 2 is 1.60 bits per heavy atom. The number of hydrogen-bond acceptors (Lipinski definition) is 5. The smallest absolute Gasteiger partial charge is 0.269 e. The summed E-state index contributed by atoms with van der Waals surface area (Å²) in [4.78, 5) is 27.3. The largest absolute Gasteiger partial charge is 0.298 e. The lowest BCUT2D eigenvalue weighted by Crippen LogP contribution is -2.11. The fraction of sp³-hybridized carbons (Fsp3) is 0.0435. The van der Waals surface area contributed by atoms with Crippen molar-refractivity contribution in [2.75, 3.05) is 5.32 Å². The Balaban J connectivity index is 1.41. The standard InChI is InChI=1S/C23H17N3O3S/c27-22(19-8-6-17(7-9-19)14-16-4-2-1-3-5-16)25-23-24-21(15-30-23)18-10-12-20(13-11-18)26(28)29/h1-13,15H,14H2,(H,24,25,27). The predicted octanol–water partition coefficient (Wildman–Crippen LogP) is 5.56. The molecule has 4 aromatic rings. The van der Waals surface area contributed by atoms with Crippen molar-refractivity contribution in [1.29, 1.82) is 0 Å². The molecule has 1 N–H and O–H groups in total. The van der Waals surface area contributed by atoms with Gasteiger partial charge in [0, 0.05) is 28.6 Å². The van der Waals surface area contributed by atoms with Crippen LogP contribution in [0.25, 0.3) is 11.3 Å². The van der Waals surface area contributed by atoms with Gasteiger partial charge in [-0.3, -0.25) is 20.2 Å². The SMILES string of the molecule is O=C(Nc1nc(-c2ccc([N+](=O)[O-])cc2)cs1)c1ccc(Cc2ccccc2)cc1. The second kappa shape index (κ2) is 8.67. The number of non-ortho nitro benzene ring substituents is 1. The molecule has 0 aliphatic rings. The number of nitrogens with zero attached hydrogens (tertiary/aromatic N) is 2. The molecule has 3 aromatic carbocycles. The number of nitrogens with one attached hydrogen (secondary N) is 1. The molecule has 0 saturated carbocycles. The van der Waals surface area contributed by atoms with Crippen molar-refractivity contribution in [1.82, 2.24) is 4.98 Å². The highest BCUT2D eigenvalue weighted by Crippen LogP contribution is 2.26. The molecule has 0 saturated heterocycles. The minimum Gasteiger partial charge on any atom is -0.298 e. The predicted molar refractivity (Wildman–Crippen MR) is 118 cm³/mol. The van der Waals surface area contributed by atoms with Crippen molar-refractivity contribution >= 4 is 28.1 Å². The highest BCUT2D eigenvalue weighted by molar-refractivity contribution is 7.14. The van der Waals surface area contributed by atoms with Crippen molar-refractivity contribution in [3.63, 3.8) is 0 Å². The van der Waals surface area contributed by atoms with Crippen molar-refractivity contribution in [2.45, 2.75) is 6.42 Å². The zero-order valence-corrected chi connectivity index (χ0v) is 16.6. The van der Waals surface area contributed by atoms with E-state index in [-0.39, 0.29) is 11.6 Å². The normalized spacial score (nSPS) is 10.5. The molecule has 0 bridgehead atoms. The summed E-state index contributed by atoms with van der Waals surface area (Å²) in [6.07, 6.45) is 0.813. The van der Waals surface area contributed by atoms with Crippen molar-refractivity contribution in [3.05, 3.63) is 111 Å². The van der Waals surface area contributed by atoms with Gasteiger partial charge in [0.1, 0.15) is 0 Å². The monoisotopic (exact) mass is 415 g/mol. The lowest BCUT2D eigenvalue weighted by Gasteiger charge is -2.05. The van der Waals surface area contributed by atoms with Crippen LogP contribution < -0.4 is 5.32 Å². The number of rotatable bonds is 6. The molecule has 30 heavy (non-hydrogen) atoms. The highest BCUT2D eigenvalue weighted by Gasteiger charge is 2.11. The van der Waals surface area contributed by atoms with Crippen LogP contribution in [0.4, 0.5) is 10.8 Å². The number of hydrogen-bond donors (Lipinski definition) is 1. The molecular weight excluding hydrogens is 398 g/mol. The number of aromatic nitrogens is 1. The second-order valence-corrected chi connectivity index (χ2v) is 7.51. The molecule has 1 aromatic heterocycles. The zero-order valence-electron chi connectivity index (χ0n) is 15.8. The van der Waals surface area contributed by atoms with Crippen LogP contribution in [-0.2, 0) is 6.42 Å². The third-order valence-electron chi connectivity index (χ3n) is 4.57. The number of amides is 1. The Hall–Kier alpha value is -3.84. The molecular formula is C23H17N3O3S. The van der Waals surface area contributed by atoms with Gasteiger partial charge in [0.2, 0.25) is 0 Å². The van der Waals surface area contributed by atoms with Crippen molar-refractivity contribution in [2.24, 2.45) is 0 Å². The van der Waals surface area contributed by atoms with E-state index < -0.39 is 4.92 Å². The first-order chi connectivity index (χ1) is 14.6. The molecule has 0 atom stereocenters. The van der Waals surface area contributed by atoms with Gasteiger partial charge in [-0.1, -0.05) is 42.5 Å². The molecule has 148 valence electrons. The Morgan fingerprint density at radius 1 is 0.933 bits per heavy atom. The average molecular weight is 415 g/mol. The van der Waals surface area contributed by atoms with Crippen molar-refractivity contribution in [3.8, 4) is 11.3 Å². The first-order valence-corrected chi connectivity index (χ1v) is 10.1. The van der Waals surface area contributed by atoms with E-state index in [0.29, 0.717) is 16.4 Å². The van der Waals surface area contributed by atoms with E-state index in [1.807, 2.05) is 30.3 Å². The fourth-order valence-corrected chi connectivity index (χ4v) is 3.71. The van der Waals surface area contributed by atoms with Crippen LogP contribution in [0.15, 0.2) is 84.2 Å². The summed E-state index contributed by atoms with van der Waals surface area (Å²) in [5.74, 6) is -0.231. The summed E-state index contributed by atoms with van der Waals surface area (Å²) in [5, 5.41) is 15.9. The van der Waals surface area contributed by atoms with Gasteiger partial charge in [0.15, 0.2) is 5.13 Å².